The van der Waals surface area contributed by atoms with Gasteiger partial charge in [-0.15, -0.1) is 0 Å². The zero-order valence-corrected chi connectivity index (χ0v) is 12.7. The Labute approximate surface area is 122 Å². The molecule has 1 fully saturated rings. The summed E-state index contributed by atoms with van der Waals surface area (Å²) in [5, 5.41) is 3.49. The Morgan fingerprint density at radius 2 is 1.75 bits per heavy atom. The van der Waals surface area contributed by atoms with Crippen molar-refractivity contribution in [3.63, 3.8) is 0 Å². The lowest BCUT2D eigenvalue weighted by atomic mass is 10.0. The number of para-hydroxylation sites is 1. The van der Waals surface area contributed by atoms with Crippen molar-refractivity contribution in [2.45, 2.75) is 46.0 Å². The second-order valence-corrected chi connectivity index (χ2v) is 5.42. The van der Waals surface area contributed by atoms with Gasteiger partial charge in [0.25, 0.3) is 0 Å². The summed E-state index contributed by atoms with van der Waals surface area (Å²) in [6.45, 7) is 6.99. The summed E-state index contributed by atoms with van der Waals surface area (Å²) in [4.78, 5) is 14.0. The van der Waals surface area contributed by atoms with Gasteiger partial charge < -0.3 is 10.2 Å². The van der Waals surface area contributed by atoms with Crippen molar-refractivity contribution >= 4 is 11.6 Å². The Hall–Kier alpha value is -1.51. The van der Waals surface area contributed by atoms with E-state index in [-0.39, 0.29) is 0 Å². The third-order valence-electron chi connectivity index (χ3n) is 4.10. The van der Waals surface area contributed by atoms with Crippen molar-refractivity contribution in [3.05, 3.63) is 29.3 Å². The molecule has 3 nitrogen and oxygen atoms in total. The van der Waals surface area contributed by atoms with Gasteiger partial charge in [0.05, 0.1) is 0 Å². The summed E-state index contributed by atoms with van der Waals surface area (Å²) in [6.07, 6.45) is 4.98. The predicted molar refractivity (Wildman–Crippen MR) is 84.1 cm³/mol. The molecule has 0 unspecified atom stereocenters. The van der Waals surface area contributed by atoms with E-state index in [1.54, 1.807) is 0 Å². The van der Waals surface area contributed by atoms with Crippen molar-refractivity contribution in [2.24, 2.45) is 0 Å². The molecule has 1 N–H and O–H groups in total. The standard InChI is InChI=1S/C17H26N2O/c1-3-14-8-7-9-15(4-2)17(14)18-11-10-16(20)19-12-5-6-13-19/h7-9,18H,3-6,10-13H2,1-2H3. The van der Waals surface area contributed by atoms with Crippen LogP contribution in [0.5, 0.6) is 0 Å². The van der Waals surface area contributed by atoms with E-state index >= 15 is 0 Å². The van der Waals surface area contributed by atoms with E-state index in [0.29, 0.717) is 12.3 Å². The first kappa shape index (κ1) is 14.9. The van der Waals surface area contributed by atoms with E-state index in [1.165, 1.54) is 16.8 Å². The van der Waals surface area contributed by atoms with E-state index in [2.05, 4.69) is 37.4 Å². The molecular weight excluding hydrogens is 248 g/mol. The minimum absolute atomic E-state index is 0.294. The number of anilines is 1. The highest BCUT2D eigenvalue weighted by Crippen LogP contribution is 2.22. The van der Waals surface area contributed by atoms with E-state index in [0.717, 1.165) is 45.3 Å². The number of rotatable bonds is 6. The minimum Gasteiger partial charge on any atom is -0.384 e. The first-order valence-corrected chi connectivity index (χ1v) is 7.88. The maximum atomic E-state index is 12.0. The number of likely N-dealkylation sites (tertiary alicyclic amines) is 1. The lowest BCUT2D eigenvalue weighted by Gasteiger charge is -2.18. The Kier molecular flexibility index (Phi) is 5.45. The second kappa shape index (κ2) is 7.32. The predicted octanol–water partition coefficient (Wildman–Crippen LogP) is 3.24. The van der Waals surface area contributed by atoms with Crippen LogP contribution >= 0.6 is 0 Å². The lowest BCUT2D eigenvalue weighted by Crippen LogP contribution is -2.29. The molecule has 0 spiro atoms. The molecule has 0 atom stereocenters. The van der Waals surface area contributed by atoms with Crippen LogP contribution in [0.2, 0.25) is 0 Å². The van der Waals surface area contributed by atoms with E-state index in [4.69, 9.17) is 0 Å². The highest BCUT2D eigenvalue weighted by Gasteiger charge is 2.17. The summed E-state index contributed by atoms with van der Waals surface area (Å²) >= 11 is 0. The Balaban J connectivity index is 1.91. The van der Waals surface area contributed by atoms with Gasteiger partial charge in [-0.3, -0.25) is 4.79 Å². The van der Waals surface area contributed by atoms with Gasteiger partial charge in [0.2, 0.25) is 5.91 Å². The molecular formula is C17H26N2O. The highest BCUT2D eigenvalue weighted by molar-refractivity contribution is 5.77. The molecule has 1 heterocycles. The van der Waals surface area contributed by atoms with Crippen LogP contribution in [0.15, 0.2) is 18.2 Å². The summed E-state index contributed by atoms with van der Waals surface area (Å²) in [6, 6.07) is 6.46. The van der Waals surface area contributed by atoms with Crippen LogP contribution in [0.4, 0.5) is 5.69 Å². The fourth-order valence-corrected chi connectivity index (χ4v) is 2.89. The SMILES string of the molecule is CCc1cccc(CC)c1NCCC(=O)N1CCCC1. The number of aryl methyl sites for hydroxylation is 2. The Morgan fingerprint density at radius 1 is 1.15 bits per heavy atom. The van der Waals surface area contributed by atoms with Crippen LogP contribution < -0.4 is 5.32 Å². The minimum atomic E-state index is 0.294. The quantitative estimate of drug-likeness (QED) is 0.863. The molecule has 0 aromatic heterocycles. The van der Waals surface area contributed by atoms with Crippen molar-refractivity contribution in [3.8, 4) is 0 Å². The molecule has 1 aliphatic rings. The largest absolute Gasteiger partial charge is 0.384 e. The summed E-state index contributed by atoms with van der Waals surface area (Å²) in [5.74, 6) is 0.294. The van der Waals surface area contributed by atoms with E-state index < -0.39 is 0 Å². The second-order valence-electron chi connectivity index (χ2n) is 5.42. The summed E-state index contributed by atoms with van der Waals surface area (Å²) in [7, 11) is 0. The van der Waals surface area contributed by atoms with Gasteiger partial charge in [0.15, 0.2) is 0 Å². The Bertz CT molecular complexity index is 428. The number of carbonyl (C=O) groups excluding carboxylic acids is 1. The average Bonchev–Trinajstić information content (AvgIpc) is 3.01. The van der Waals surface area contributed by atoms with E-state index in [1.807, 2.05) is 4.90 Å². The molecule has 0 aliphatic carbocycles. The third kappa shape index (κ3) is 3.53. The third-order valence-corrected chi connectivity index (χ3v) is 4.10. The first-order valence-electron chi connectivity index (χ1n) is 7.88. The molecule has 0 radical (unpaired) electrons. The first-order chi connectivity index (χ1) is 9.76. The molecule has 1 aromatic rings. The van der Waals surface area contributed by atoms with Crippen molar-refractivity contribution in [1.82, 2.24) is 4.90 Å². The lowest BCUT2D eigenvalue weighted by molar-refractivity contribution is -0.129. The molecule has 1 saturated heterocycles. The number of hydrogen-bond acceptors (Lipinski definition) is 2. The van der Waals surface area contributed by atoms with Crippen LogP contribution in [0, 0.1) is 0 Å². The van der Waals surface area contributed by atoms with Gasteiger partial charge in [-0.25, -0.2) is 0 Å². The van der Waals surface area contributed by atoms with Gasteiger partial charge in [0.1, 0.15) is 0 Å². The monoisotopic (exact) mass is 274 g/mol. The normalized spacial score (nSPS) is 14.6. The van der Waals surface area contributed by atoms with Crippen LogP contribution in [0.3, 0.4) is 0 Å². The number of carbonyl (C=O) groups is 1. The molecule has 2 rings (SSSR count). The van der Waals surface area contributed by atoms with Gasteiger partial charge in [0, 0.05) is 31.7 Å². The van der Waals surface area contributed by atoms with Crippen molar-refractivity contribution in [1.29, 1.82) is 0 Å². The molecule has 1 aliphatic heterocycles. The maximum Gasteiger partial charge on any atom is 0.224 e. The molecule has 110 valence electrons. The number of benzene rings is 1. The molecule has 0 bridgehead atoms. The summed E-state index contributed by atoms with van der Waals surface area (Å²) < 4.78 is 0. The fourth-order valence-electron chi connectivity index (χ4n) is 2.89. The van der Waals surface area contributed by atoms with Crippen molar-refractivity contribution < 1.29 is 4.79 Å². The van der Waals surface area contributed by atoms with E-state index in [9.17, 15) is 4.79 Å². The average molecular weight is 274 g/mol. The maximum absolute atomic E-state index is 12.0. The smallest absolute Gasteiger partial charge is 0.224 e. The molecule has 0 saturated carbocycles. The molecule has 1 aromatic carbocycles. The van der Waals surface area contributed by atoms with Gasteiger partial charge >= 0.3 is 0 Å². The Morgan fingerprint density at radius 3 is 2.30 bits per heavy atom. The molecule has 3 heteroatoms. The number of hydrogen-bond donors (Lipinski definition) is 1. The zero-order valence-electron chi connectivity index (χ0n) is 12.7. The van der Waals surface area contributed by atoms with Gasteiger partial charge in [-0.05, 0) is 36.8 Å². The topological polar surface area (TPSA) is 32.3 Å². The highest BCUT2D eigenvalue weighted by atomic mass is 16.2. The number of amides is 1. The number of nitrogens with zero attached hydrogens (tertiary/aromatic N) is 1. The van der Waals surface area contributed by atoms with Crippen molar-refractivity contribution in [2.75, 3.05) is 25.0 Å². The number of nitrogens with one attached hydrogen (secondary N) is 1. The zero-order chi connectivity index (χ0) is 14.4. The van der Waals surface area contributed by atoms with Crippen LogP contribution in [-0.2, 0) is 17.6 Å². The summed E-state index contributed by atoms with van der Waals surface area (Å²) in [5.41, 5.74) is 3.93. The molecule has 1 amide bonds. The van der Waals surface area contributed by atoms with Crippen LogP contribution in [0.1, 0.15) is 44.2 Å². The van der Waals surface area contributed by atoms with Crippen LogP contribution in [0.25, 0.3) is 0 Å². The van der Waals surface area contributed by atoms with Gasteiger partial charge in [-0.1, -0.05) is 32.0 Å². The van der Waals surface area contributed by atoms with Gasteiger partial charge in [-0.2, -0.15) is 0 Å². The molecule has 20 heavy (non-hydrogen) atoms. The fraction of sp³-hybridized carbons (Fsp3) is 0.588. The van der Waals surface area contributed by atoms with Crippen LogP contribution in [-0.4, -0.2) is 30.4 Å².